The molecule has 0 aromatic heterocycles. The normalized spacial score (nSPS) is 16.5. The third-order valence-electron chi connectivity index (χ3n) is 2.85. The number of benzene rings is 1. The largest absolute Gasteiger partial charge is 0.494 e. The maximum atomic E-state index is 13.5. The van der Waals surface area contributed by atoms with Crippen LogP contribution in [0, 0.1) is 15.9 Å². The van der Waals surface area contributed by atoms with Crippen molar-refractivity contribution in [2.45, 2.75) is 6.54 Å². The van der Waals surface area contributed by atoms with Gasteiger partial charge in [0, 0.05) is 19.6 Å². The fourth-order valence-corrected chi connectivity index (χ4v) is 1.97. The van der Waals surface area contributed by atoms with Crippen molar-refractivity contribution in [1.29, 1.82) is 0 Å². The highest BCUT2D eigenvalue weighted by atomic mass is 19.1. The van der Waals surface area contributed by atoms with Crippen molar-refractivity contribution in [3.05, 3.63) is 51.7 Å². The molecule has 7 heteroatoms. The molecule has 6 nitrogen and oxygen atoms in total. The fourth-order valence-electron chi connectivity index (χ4n) is 1.97. The van der Waals surface area contributed by atoms with Gasteiger partial charge in [0.2, 0.25) is 0 Å². The summed E-state index contributed by atoms with van der Waals surface area (Å²) in [6.45, 7) is 1.69. The molecule has 1 heterocycles. The highest BCUT2D eigenvalue weighted by Crippen LogP contribution is 2.20. The molecule has 1 aromatic rings. The number of rotatable bonds is 4. The summed E-state index contributed by atoms with van der Waals surface area (Å²) in [5.41, 5.74) is 0.733. The number of nitrogens with zero attached hydrogens (tertiary/aromatic N) is 2. The first kappa shape index (κ1) is 13.1. The molecular weight excluding hydrogens is 253 g/mol. The zero-order valence-corrected chi connectivity index (χ0v) is 10.4. The monoisotopic (exact) mass is 267 g/mol. The Kier molecular flexibility index (Phi) is 3.84. The Morgan fingerprint density at radius 2 is 2.42 bits per heavy atom. The van der Waals surface area contributed by atoms with Gasteiger partial charge in [-0.2, -0.15) is 0 Å². The van der Waals surface area contributed by atoms with Crippen molar-refractivity contribution in [1.82, 2.24) is 10.2 Å². The molecule has 1 aliphatic rings. The van der Waals surface area contributed by atoms with E-state index in [2.05, 4.69) is 5.32 Å². The van der Waals surface area contributed by atoms with Crippen molar-refractivity contribution in [3.63, 3.8) is 0 Å². The van der Waals surface area contributed by atoms with E-state index in [1.165, 1.54) is 13.2 Å². The van der Waals surface area contributed by atoms with E-state index in [0.717, 1.165) is 11.8 Å². The average Bonchev–Trinajstić information content (AvgIpc) is 2.76. The number of halogens is 1. The van der Waals surface area contributed by atoms with Gasteiger partial charge in [0.15, 0.2) is 17.4 Å². The van der Waals surface area contributed by atoms with E-state index < -0.39 is 10.7 Å². The minimum absolute atomic E-state index is 0.185. The van der Waals surface area contributed by atoms with E-state index in [0.29, 0.717) is 25.5 Å². The summed E-state index contributed by atoms with van der Waals surface area (Å²) in [7, 11) is 1.40. The molecule has 0 atom stereocenters. The van der Waals surface area contributed by atoms with Crippen LogP contribution in [0.4, 0.5) is 4.39 Å². The lowest BCUT2D eigenvalue weighted by Crippen LogP contribution is -2.20. The van der Waals surface area contributed by atoms with Gasteiger partial charge in [-0.05, 0) is 17.7 Å². The van der Waals surface area contributed by atoms with Crippen molar-refractivity contribution >= 4 is 0 Å². The molecule has 2 rings (SSSR count). The first-order chi connectivity index (χ1) is 9.10. The number of hydrogen-bond donors (Lipinski definition) is 1. The predicted molar refractivity (Wildman–Crippen MR) is 66.4 cm³/mol. The topological polar surface area (TPSA) is 67.6 Å². The summed E-state index contributed by atoms with van der Waals surface area (Å²) in [6, 6.07) is 4.66. The summed E-state index contributed by atoms with van der Waals surface area (Å²) in [6.07, 6.45) is 0.923. The van der Waals surface area contributed by atoms with Gasteiger partial charge in [-0.25, -0.2) is 4.39 Å². The lowest BCUT2D eigenvalue weighted by Gasteiger charge is -2.17. The van der Waals surface area contributed by atoms with Gasteiger partial charge in [0.05, 0.1) is 12.0 Å². The Morgan fingerprint density at radius 1 is 1.63 bits per heavy atom. The molecule has 102 valence electrons. The molecule has 0 unspecified atom stereocenters. The van der Waals surface area contributed by atoms with Crippen LogP contribution in [0.2, 0.25) is 0 Å². The van der Waals surface area contributed by atoms with Crippen LogP contribution in [-0.2, 0) is 6.54 Å². The number of hydrogen-bond acceptors (Lipinski definition) is 5. The zero-order chi connectivity index (χ0) is 13.8. The lowest BCUT2D eigenvalue weighted by molar-refractivity contribution is -0.404. The second-order valence-corrected chi connectivity index (χ2v) is 4.12. The van der Waals surface area contributed by atoms with E-state index in [1.54, 1.807) is 17.0 Å². The van der Waals surface area contributed by atoms with Crippen LogP contribution in [0.3, 0.4) is 0 Å². The van der Waals surface area contributed by atoms with Crippen molar-refractivity contribution in [3.8, 4) is 5.75 Å². The molecule has 0 saturated carbocycles. The zero-order valence-electron chi connectivity index (χ0n) is 10.4. The second kappa shape index (κ2) is 5.55. The van der Waals surface area contributed by atoms with Gasteiger partial charge >= 0.3 is 0 Å². The Morgan fingerprint density at radius 3 is 3.05 bits per heavy atom. The van der Waals surface area contributed by atoms with Crippen LogP contribution in [0.5, 0.6) is 5.75 Å². The van der Waals surface area contributed by atoms with Crippen LogP contribution in [0.25, 0.3) is 0 Å². The molecular formula is C12H14FN3O3. The lowest BCUT2D eigenvalue weighted by atomic mass is 10.2. The Labute approximate surface area is 109 Å². The van der Waals surface area contributed by atoms with Gasteiger partial charge in [-0.15, -0.1) is 0 Å². The Hall–Kier alpha value is -2.31. The number of ether oxygens (including phenoxy) is 1. The van der Waals surface area contributed by atoms with Gasteiger partial charge in [0.1, 0.15) is 0 Å². The minimum Gasteiger partial charge on any atom is -0.494 e. The summed E-state index contributed by atoms with van der Waals surface area (Å²) >= 11 is 0. The van der Waals surface area contributed by atoms with Gasteiger partial charge in [0.25, 0.3) is 6.20 Å². The quantitative estimate of drug-likeness (QED) is 0.658. The van der Waals surface area contributed by atoms with Gasteiger partial charge in [-0.1, -0.05) is 6.07 Å². The smallest absolute Gasteiger partial charge is 0.274 e. The third-order valence-corrected chi connectivity index (χ3v) is 2.85. The minimum atomic E-state index is -0.505. The van der Waals surface area contributed by atoms with E-state index in [1.807, 2.05) is 0 Å². The van der Waals surface area contributed by atoms with Gasteiger partial charge < -0.3 is 15.0 Å². The summed E-state index contributed by atoms with van der Waals surface area (Å²) in [5, 5.41) is 13.4. The molecule has 1 aromatic carbocycles. The molecule has 0 amide bonds. The highest BCUT2D eigenvalue weighted by molar-refractivity contribution is 5.29. The van der Waals surface area contributed by atoms with Crippen molar-refractivity contribution < 1.29 is 14.1 Å². The Balaban J connectivity index is 2.12. The SMILES string of the molecule is COc1ccc(CN2CCN/C2=C\[N+](=O)[O-])cc1F. The first-order valence-corrected chi connectivity index (χ1v) is 5.76. The molecule has 19 heavy (non-hydrogen) atoms. The molecule has 1 aliphatic heterocycles. The van der Waals surface area contributed by atoms with Crippen molar-refractivity contribution in [2.24, 2.45) is 0 Å². The molecule has 1 N–H and O–H groups in total. The standard InChI is InChI=1S/C12H14FN3O3/c1-19-11-3-2-9(6-10(11)13)7-15-5-4-14-12(15)8-16(17)18/h2-3,6,8,14H,4-5,7H2,1H3/b12-8+. The van der Waals surface area contributed by atoms with E-state index in [4.69, 9.17) is 4.74 Å². The number of nitro groups is 1. The second-order valence-electron chi connectivity index (χ2n) is 4.12. The van der Waals surface area contributed by atoms with Crippen LogP contribution >= 0.6 is 0 Å². The molecule has 1 saturated heterocycles. The fraction of sp³-hybridized carbons (Fsp3) is 0.333. The van der Waals surface area contributed by atoms with E-state index in [9.17, 15) is 14.5 Å². The highest BCUT2D eigenvalue weighted by Gasteiger charge is 2.19. The van der Waals surface area contributed by atoms with Gasteiger partial charge in [-0.3, -0.25) is 10.1 Å². The van der Waals surface area contributed by atoms with E-state index in [-0.39, 0.29) is 5.75 Å². The molecule has 0 aliphatic carbocycles. The maximum Gasteiger partial charge on any atom is 0.274 e. The number of nitrogens with one attached hydrogen (secondary N) is 1. The third kappa shape index (κ3) is 3.12. The molecule has 0 bridgehead atoms. The van der Waals surface area contributed by atoms with E-state index >= 15 is 0 Å². The average molecular weight is 267 g/mol. The molecule has 0 radical (unpaired) electrons. The maximum absolute atomic E-state index is 13.5. The van der Waals surface area contributed by atoms with Crippen LogP contribution in [-0.4, -0.2) is 30.0 Å². The van der Waals surface area contributed by atoms with Crippen LogP contribution in [0.15, 0.2) is 30.2 Å². The Bertz CT molecular complexity index is 519. The summed E-state index contributed by atoms with van der Waals surface area (Å²) in [5.74, 6) is 0.192. The summed E-state index contributed by atoms with van der Waals surface area (Å²) < 4.78 is 18.4. The van der Waals surface area contributed by atoms with Crippen LogP contribution < -0.4 is 10.1 Å². The predicted octanol–water partition coefficient (Wildman–Crippen LogP) is 1.32. The molecule has 1 fully saturated rings. The number of methoxy groups -OCH3 is 1. The van der Waals surface area contributed by atoms with Crippen LogP contribution in [0.1, 0.15) is 5.56 Å². The molecule has 0 spiro atoms. The van der Waals surface area contributed by atoms with Crippen molar-refractivity contribution in [2.75, 3.05) is 20.2 Å². The summed E-state index contributed by atoms with van der Waals surface area (Å²) in [4.78, 5) is 11.8. The first-order valence-electron chi connectivity index (χ1n) is 5.76.